The molecule has 0 atom stereocenters. The van der Waals surface area contributed by atoms with Crippen LogP contribution < -0.4 is 0 Å². The van der Waals surface area contributed by atoms with E-state index in [1.165, 1.54) is 12.1 Å². The summed E-state index contributed by atoms with van der Waals surface area (Å²) in [5.41, 5.74) is 0. The number of benzene rings is 2. The first-order chi connectivity index (χ1) is 8.19. The van der Waals surface area contributed by atoms with Gasteiger partial charge in [-0.05, 0) is 22.9 Å². The molecule has 0 spiro atoms. The summed E-state index contributed by atoms with van der Waals surface area (Å²) in [6.45, 7) is 0. The van der Waals surface area contributed by atoms with Crippen molar-refractivity contribution < 1.29 is 16.8 Å². The number of hydrogen-bond donors (Lipinski definition) is 0. The summed E-state index contributed by atoms with van der Waals surface area (Å²) in [7, 11) is 2.04. The van der Waals surface area contributed by atoms with Crippen molar-refractivity contribution in [2.45, 2.75) is 9.79 Å². The van der Waals surface area contributed by atoms with Crippen LogP contribution in [0.4, 0.5) is 0 Å². The van der Waals surface area contributed by atoms with E-state index in [0.717, 1.165) is 0 Å². The average molecular weight is 325 g/mol. The summed E-state index contributed by atoms with van der Waals surface area (Å²) in [5, 5.41) is 1.11. The fraction of sp³-hybridized carbons (Fsp3) is 0. The third-order valence-corrected chi connectivity index (χ3v) is 5.19. The molecule has 8 heteroatoms. The van der Waals surface area contributed by atoms with Gasteiger partial charge < -0.3 is 0 Å². The maximum Gasteiger partial charge on any atom is 0.262 e. The van der Waals surface area contributed by atoms with Crippen LogP contribution >= 0.6 is 21.4 Å². The Labute approximate surface area is 113 Å². The van der Waals surface area contributed by atoms with Crippen LogP contribution in [0.1, 0.15) is 0 Å². The minimum atomic E-state index is -4.20. The van der Waals surface area contributed by atoms with E-state index < -0.39 is 27.9 Å². The van der Waals surface area contributed by atoms with Crippen LogP contribution in [0.15, 0.2) is 46.2 Å². The smallest absolute Gasteiger partial charge is 0.207 e. The first-order valence-electron chi connectivity index (χ1n) is 4.62. The van der Waals surface area contributed by atoms with Crippen molar-refractivity contribution in [3.8, 4) is 0 Å². The first-order valence-corrected chi connectivity index (χ1v) is 9.23. The largest absolute Gasteiger partial charge is 0.262 e. The van der Waals surface area contributed by atoms with E-state index in [-0.39, 0.29) is 0 Å². The molecule has 0 aliphatic heterocycles. The van der Waals surface area contributed by atoms with Gasteiger partial charge in [0.2, 0.25) is 0 Å². The lowest BCUT2D eigenvalue weighted by atomic mass is 10.1. The van der Waals surface area contributed by atoms with Gasteiger partial charge in [-0.15, -0.1) is 0 Å². The molecular weight excluding hydrogens is 319 g/mol. The second kappa shape index (κ2) is 4.38. The zero-order chi connectivity index (χ0) is 13.6. The molecule has 0 amide bonds. The van der Waals surface area contributed by atoms with Crippen molar-refractivity contribution in [1.82, 2.24) is 0 Å². The second-order valence-corrected chi connectivity index (χ2v) is 8.59. The lowest BCUT2D eigenvalue weighted by Crippen LogP contribution is -2.01. The van der Waals surface area contributed by atoms with Crippen molar-refractivity contribution in [2.24, 2.45) is 0 Å². The van der Waals surface area contributed by atoms with Gasteiger partial charge in [-0.3, -0.25) is 0 Å². The summed E-state index contributed by atoms with van der Waals surface area (Å²) >= 11 is 0. The molecule has 0 fully saturated rings. The molecule has 0 aliphatic rings. The minimum Gasteiger partial charge on any atom is -0.207 e. The molecule has 2 aromatic rings. The Bertz CT molecular complexity index is 756. The highest BCUT2D eigenvalue weighted by atomic mass is 35.7. The molecule has 0 bridgehead atoms. The number of hydrogen-bond acceptors (Lipinski definition) is 4. The van der Waals surface area contributed by atoms with Crippen LogP contribution in [0, 0.1) is 0 Å². The molecule has 0 N–H and O–H groups in total. The summed E-state index contributed by atoms with van der Waals surface area (Å²) in [4.78, 5) is -1.03. The van der Waals surface area contributed by atoms with Gasteiger partial charge in [-0.2, -0.15) is 0 Å². The van der Waals surface area contributed by atoms with Gasteiger partial charge >= 0.3 is 0 Å². The molecule has 18 heavy (non-hydrogen) atoms. The van der Waals surface area contributed by atoms with E-state index in [1.807, 2.05) is 0 Å². The lowest BCUT2D eigenvalue weighted by molar-refractivity contribution is 0.597. The van der Waals surface area contributed by atoms with Crippen LogP contribution in [-0.4, -0.2) is 16.8 Å². The van der Waals surface area contributed by atoms with Gasteiger partial charge in [0.05, 0.1) is 0 Å². The van der Waals surface area contributed by atoms with Crippen LogP contribution in [0.25, 0.3) is 10.8 Å². The van der Waals surface area contributed by atoms with Gasteiger partial charge in [-0.25, -0.2) is 16.8 Å². The normalized spacial score (nSPS) is 12.8. The predicted molar refractivity (Wildman–Crippen MR) is 70.0 cm³/mol. The van der Waals surface area contributed by atoms with Crippen molar-refractivity contribution >= 4 is 50.2 Å². The summed E-state index contributed by atoms with van der Waals surface area (Å²) in [6, 6.07) is 9.06. The van der Waals surface area contributed by atoms with E-state index in [4.69, 9.17) is 21.4 Å². The number of rotatable bonds is 2. The van der Waals surface area contributed by atoms with E-state index in [0.29, 0.717) is 10.8 Å². The molecule has 0 saturated heterocycles. The third-order valence-electron chi connectivity index (χ3n) is 2.34. The maximum atomic E-state index is 11.4. The monoisotopic (exact) mass is 324 g/mol. The SMILES string of the molecule is O=S(=O)(Cl)c1cc2ccccc2cc1S(=O)(=O)Cl. The van der Waals surface area contributed by atoms with Crippen LogP contribution in [-0.2, 0) is 18.1 Å². The molecule has 0 heterocycles. The van der Waals surface area contributed by atoms with Gasteiger partial charge in [0.15, 0.2) is 0 Å². The Morgan fingerprint density at radius 1 is 0.722 bits per heavy atom. The Morgan fingerprint density at radius 3 is 1.33 bits per heavy atom. The topological polar surface area (TPSA) is 68.3 Å². The van der Waals surface area contributed by atoms with E-state index in [2.05, 4.69) is 0 Å². The predicted octanol–water partition coefficient (Wildman–Crippen LogP) is 2.69. The summed E-state index contributed by atoms with van der Waals surface area (Å²) < 4.78 is 45.5. The fourth-order valence-electron chi connectivity index (χ4n) is 1.58. The summed E-state index contributed by atoms with van der Waals surface area (Å²) in [5.74, 6) is 0. The Morgan fingerprint density at radius 2 is 1.06 bits per heavy atom. The fourth-order valence-corrected chi connectivity index (χ4v) is 4.41. The van der Waals surface area contributed by atoms with Gasteiger partial charge in [-0.1, -0.05) is 24.3 Å². The van der Waals surface area contributed by atoms with Gasteiger partial charge in [0.25, 0.3) is 18.1 Å². The standard InChI is InChI=1S/C10H6Cl2O4S2/c11-17(13,14)9-5-7-3-1-2-4-8(7)6-10(9)18(12,15)16/h1-6H. The van der Waals surface area contributed by atoms with Crippen LogP contribution in [0.2, 0.25) is 0 Å². The average Bonchev–Trinajstić information content (AvgIpc) is 2.25. The summed E-state index contributed by atoms with van der Waals surface area (Å²) in [6.07, 6.45) is 0. The minimum absolute atomic E-state index is 0.516. The third kappa shape index (κ3) is 2.61. The highest BCUT2D eigenvalue weighted by molar-refractivity contribution is 8.16. The van der Waals surface area contributed by atoms with Crippen molar-refractivity contribution in [2.75, 3.05) is 0 Å². The van der Waals surface area contributed by atoms with Crippen molar-refractivity contribution in [3.63, 3.8) is 0 Å². The lowest BCUT2D eigenvalue weighted by Gasteiger charge is -2.06. The van der Waals surface area contributed by atoms with E-state index in [1.54, 1.807) is 24.3 Å². The van der Waals surface area contributed by atoms with Gasteiger partial charge in [0, 0.05) is 21.4 Å². The molecule has 2 aromatic carbocycles. The molecule has 0 unspecified atom stereocenters. The number of fused-ring (bicyclic) bond motifs is 1. The molecule has 0 saturated carbocycles. The van der Waals surface area contributed by atoms with Crippen molar-refractivity contribution in [1.29, 1.82) is 0 Å². The Kier molecular flexibility index (Phi) is 3.31. The molecule has 2 rings (SSSR count). The van der Waals surface area contributed by atoms with Gasteiger partial charge in [0.1, 0.15) is 9.79 Å². The maximum absolute atomic E-state index is 11.4. The Hall–Kier alpha value is -0.820. The molecule has 0 radical (unpaired) electrons. The van der Waals surface area contributed by atoms with Crippen LogP contribution in [0.3, 0.4) is 0 Å². The molecule has 96 valence electrons. The molecular formula is C10H6Cl2O4S2. The molecule has 4 nitrogen and oxygen atoms in total. The second-order valence-electron chi connectivity index (χ2n) is 3.52. The molecule has 0 aliphatic carbocycles. The molecule has 0 aromatic heterocycles. The van der Waals surface area contributed by atoms with E-state index >= 15 is 0 Å². The zero-order valence-electron chi connectivity index (χ0n) is 8.67. The number of halogens is 2. The van der Waals surface area contributed by atoms with E-state index in [9.17, 15) is 16.8 Å². The van der Waals surface area contributed by atoms with Crippen LogP contribution in [0.5, 0.6) is 0 Å². The highest BCUT2D eigenvalue weighted by Crippen LogP contribution is 2.31. The van der Waals surface area contributed by atoms with Crippen molar-refractivity contribution in [3.05, 3.63) is 36.4 Å². The zero-order valence-corrected chi connectivity index (χ0v) is 11.8. The Balaban J connectivity index is 2.99. The first kappa shape index (κ1) is 13.6. The highest BCUT2D eigenvalue weighted by Gasteiger charge is 2.24. The quantitative estimate of drug-likeness (QED) is 0.796.